The highest BCUT2D eigenvalue weighted by atomic mass is 16.5. The predicted octanol–water partition coefficient (Wildman–Crippen LogP) is 2.21. The molecule has 1 aliphatic rings. The van der Waals surface area contributed by atoms with Gasteiger partial charge in [0, 0.05) is 18.5 Å². The lowest BCUT2D eigenvalue weighted by atomic mass is 10.0. The number of likely N-dealkylation sites (N-methyl/N-ethyl adjacent to an activating group) is 1. The Hall–Kier alpha value is -1.89. The summed E-state index contributed by atoms with van der Waals surface area (Å²) in [5, 5.41) is 4.05. The van der Waals surface area contributed by atoms with Crippen molar-refractivity contribution in [1.82, 2.24) is 10.2 Å². The van der Waals surface area contributed by atoms with Gasteiger partial charge < -0.3 is 24.1 Å². The fourth-order valence-electron chi connectivity index (χ4n) is 3.04. The minimum Gasteiger partial charge on any atom is -0.461 e. The zero-order valence-electron chi connectivity index (χ0n) is 15.1. The van der Waals surface area contributed by atoms with E-state index in [4.69, 9.17) is 13.9 Å². The molecule has 25 heavy (non-hydrogen) atoms. The van der Waals surface area contributed by atoms with Crippen molar-refractivity contribution in [1.29, 1.82) is 0 Å². The molecule has 1 saturated heterocycles. The number of ether oxygens (including phenoxy) is 2. The van der Waals surface area contributed by atoms with Crippen molar-refractivity contribution in [2.75, 3.05) is 40.5 Å². The Labute approximate surface area is 148 Å². The van der Waals surface area contributed by atoms with Crippen LogP contribution in [0.25, 0.3) is 11.0 Å². The van der Waals surface area contributed by atoms with Crippen molar-refractivity contribution in [2.45, 2.75) is 25.5 Å². The quantitative estimate of drug-likeness (QED) is 0.869. The van der Waals surface area contributed by atoms with Crippen molar-refractivity contribution in [2.24, 2.45) is 0 Å². The Morgan fingerprint density at radius 3 is 3.04 bits per heavy atom. The van der Waals surface area contributed by atoms with E-state index in [0.717, 1.165) is 24.1 Å². The summed E-state index contributed by atoms with van der Waals surface area (Å²) in [6, 6.07) is 7.50. The molecule has 2 heterocycles. The number of rotatable bonds is 6. The third kappa shape index (κ3) is 4.39. The molecule has 1 aromatic heterocycles. The number of fused-ring (bicyclic) bond motifs is 1. The number of furan rings is 1. The first-order valence-corrected chi connectivity index (χ1v) is 8.68. The zero-order valence-corrected chi connectivity index (χ0v) is 15.1. The second kappa shape index (κ2) is 7.99. The summed E-state index contributed by atoms with van der Waals surface area (Å²) in [4.78, 5) is 14.9. The average molecular weight is 346 g/mol. The van der Waals surface area contributed by atoms with Gasteiger partial charge in [0.05, 0.1) is 24.8 Å². The van der Waals surface area contributed by atoms with Crippen molar-refractivity contribution < 1.29 is 18.7 Å². The Bertz CT molecular complexity index is 725. The molecule has 2 aromatic rings. The summed E-state index contributed by atoms with van der Waals surface area (Å²) in [6.07, 6.45) is 0.612. The number of nitrogens with zero attached hydrogens (tertiary/aromatic N) is 1. The Morgan fingerprint density at radius 1 is 1.40 bits per heavy atom. The first-order chi connectivity index (χ1) is 12.0. The van der Waals surface area contributed by atoms with Crippen LogP contribution in [0.15, 0.2) is 28.7 Å². The minimum atomic E-state index is -0.131. The van der Waals surface area contributed by atoms with Gasteiger partial charge in [0.1, 0.15) is 17.4 Å². The van der Waals surface area contributed by atoms with Gasteiger partial charge in [-0.05, 0) is 39.6 Å². The van der Waals surface area contributed by atoms with E-state index in [-0.39, 0.29) is 18.1 Å². The summed E-state index contributed by atoms with van der Waals surface area (Å²) in [5.74, 6) is 0.666. The highest BCUT2D eigenvalue weighted by Crippen LogP contribution is 2.23. The molecule has 1 aliphatic heterocycles. The number of carbonyl (C=O) groups excluding carboxylic acids is 1. The number of hydrogen-bond acceptors (Lipinski definition) is 5. The van der Waals surface area contributed by atoms with E-state index in [9.17, 15) is 4.79 Å². The van der Waals surface area contributed by atoms with Crippen molar-refractivity contribution in [3.63, 3.8) is 0 Å². The molecular formula is C19H26N2O4. The highest BCUT2D eigenvalue weighted by molar-refractivity contribution is 6.05. The van der Waals surface area contributed by atoms with E-state index in [1.807, 2.05) is 39.2 Å². The normalized spacial score (nSPS) is 21.0. The van der Waals surface area contributed by atoms with Gasteiger partial charge in [-0.25, -0.2) is 0 Å². The van der Waals surface area contributed by atoms with Gasteiger partial charge in [-0.2, -0.15) is 0 Å². The largest absolute Gasteiger partial charge is 0.461 e. The van der Waals surface area contributed by atoms with Crippen LogP contribution >= 0.6 is 0 Å². The van der Waals surface area contributed by atoms with Crippen LogP contribution in [-0.4, -0.2) is 63.4 Å². The lowest BCUT2D eigenvalue weighted by Gasteiger charge is -2.32. The number of para-hydroxylation sites is 1. The number of benzene rings is 1. The van der Waals surface area contributed by atoms with Crippen LogP contribution in [0.4, 0.5) is 0 Å². The number of carbonyl (C=O) groups is 1. The topological polar surface area (TPSA) is 63.9 Å². The van der Waals surface area contributed by atoms with Gasteiger partial charge in [0.25, 0.3) is 5.91 Å². The number of amides is 1. The maximum absolute atomic E-state index is 12.8. The van der Waals surface area contributed by atoms with Gasteiger partial charge >= 0.3 is 0 Å². The van der Waals surface area contributed by atoms with Crippen molar-refractivity contribution in [3.05, 3.63) is 35.6 Å². The standard InChI is InChI=1S/C19H26N2O4/c1-13-11-14-5-4-6-15(18(14)25-13)19(22)20-16-7-9-23-12-17(16)24-10-8-21(2)3/h4-6,11,16-17H,7-10,12H2,1-3H3,(H,20,22)/t16-,17-/m1/s1. The summed E-state index contributed by atoms with van der Waals surface area (Å²) in [7, 11) is 4.01. The van der Waals surface area contributed by atoms with E-state index in [1.54, 1.807) is 6.07 Å². The van der Waals surface area contributed by atoms with Crippen molar-refractivity contribution >= 4 is 16.9 Å². The molecular weight excluding hydrogens is 320 g/mol. The van der Waals surface area contributed by atoms with E-state index < -0.39 is 0 Å². The highest BCUT2D eigenvalue weighted by Gasteiger charge is 2.29. The molecule has 2 atom stereocenters. The molecule has 1 fully saturated rings. The molecule has 0 spiro atoms. The molecule has 0 aliphatic carbocycles. The minimum absolute atomic E-state index is 0.0604. The number of nitrogens with one attached hydrogen (secondary N) is 1. The molecule has 1 aromatic carbocycles. The lowest BCUT2D eigenvalue weighted by molar-refractivity contribution is -0.0690. The van der Waals surface area contributed by atoms with Crippen LogP contribution in [0.3, 0.4) is 0 Å². The molecule has 0 radical (unpaired) electrons. The Balaban J connectivity index is 1.69. The van der Waals surface area contributed by atoms with Crippen LogP contribution in [0.5, 0.6) is 0 Å². The summed E-state index contributed by atoms with van der Waals surface area (Å²) >= 11 is 0. The molecule has 0 unspecified atom stereocenters. The third-order valence-corrected chi connectivity index (χ3v) is 4.40. The fourth-order valence-corrected chi connectivity index (χ4v) is 3.04. The predicted molar refractivity (Wildman–Crippen MR) is 95.9 cm³/mol. The molecule has 6 heteroatoms. The molecule has 136 valence electrons. The SMILES string of the molecule is Cc1cc2cccc(C(=O)N[C@@H]3CCOC[C@H]3OCCN(C)C)c2o1. The molecule has 0 bridgehead atoms. The molecule has 0 saturated carbocycles. The maximum atomic E-state index is 12.8. The second-order valence-corrected chi connectivity index (χ2v) is 6.74. The summed E-state index contributed by atoms with van der Waals surface area (Å²) in [6.45, 7) is 4.46. The Kier molecular flexibility index (Phi) is 5.73. The van der Waals surface area contributed by atoms with Gasteiger partial charge in [0.15, 0.2) is 0 Å². The molecule has 6 nitrogen and oxygen atoms in total. The number of aryl methyl sites for hydroxylation is 1. The van der Waals surface area contributed by atoms with E-state index in [1.165, 1.54) is 0 Å². The summed E-state index contributed by atoms with van der Waals surface area (Å²) in [5.41, 5.74) is 1.19. The van der Waals surface area contributed by atoms with E-state index >= 15 is 0 Å². The molecule has 1 N–H and O–H groups in total. The van der Waals surface area contributed by atoms with Crippen LogP contribution < -0.4 is 5.32 Å². The van der Waals surface area contributed by atoms with Gasteiger partial charge in [0.2, 0.25) is 0 Å². The second-order valence-electron chi connectivity index (χ2n) is 6.74. The van der Waals surface area contributed by atoms with Crippen LogP contribution in [0.1, 0.15) is 22.5 Å². The van der Waals surface area contributed by atoms with Crippen LogP contribution in [0.2, 0.25) is 0 Å². The molecule has 3 rings (SSSR count). The Morgan fingerprint density at radius 2 is 2.24 bits per heavy atom. The maximum Gasteiger partial charge on any atom is 0.255 e. The zero-order chi connectivity index (χ0) is 17.8. The van der Waals surface area contributed by atoms with Gasteiger partial charge in [-0.3, -0.25) is 4.79 Å². The third-order valence-electron chi connectivity index (χ3n) is 4.40. The van der Waals surface area contributed by atoms with Gasteiger partial charge in [-0.15, -0.1) is 0 Å². The van der Waals surface area contributed by atoms with Crippen molar-refractivity contribution in [3.8, 4) is 0 Å². The first-order valence-electron chi connectivity index (χ1n) is 8.68. The van der Waals surface area contributed by atoms with E-state index in [0.29, 0.717) is 31.0 Å². The number of hydrogen-bond donors (Lipinski definition) is 1. The molecule has 1 amide bonds. The first kappa shape index (κ1) is 17.9. The average Bonchev–Trinajstić information content (AvgIpc) is 2.96. The van der Waals surface area contributed by atoms with Crippen LogP contribution in [0, 0.1) is 6.92 Å². The lowest BCUT2D eigenvalue weighted by Crippen LogP contribution is -2.50. The van der Waals surface area contributed by atoms with Gasteiger partial charge in [-0.1, -0.05) is 12.1 Å². The fraction of sp³-hybridized carbons (Fsp3) is 0.526. The smallest absolute Gasteiger partial charge is 0.255 e. The van der Waals surface area contributed by atoms with E-state index in [2.05, 4.69) is 10.2 Å². The summed E-state index contributed by atoms with van der Waals surface area (Å²) < 4.78 is 17.2. The monoisotopic (exact) mass is 346 g/mol. The van der Waals surface area contributed by atoms with Crippen LogP contribution in [-0.2, 0) is 9.47 Å².